The van der Waals surface area contributed by atoms with Gasteiger partial charge in [0, 0.05) is 32.2 Å². The van der Waals surface area contributed by atoms with E-state index >= 15 is 0 Å². The number of aliphatic hydroxyl groups is 1. The highest BCUT2D eigenvalue weighted by Crippen LogP contribution is 2.27. The number of aryl methyl sites for hydroxylation is 1. The average Bonchev–Trinajstić information content (AvgIpc) is 3.17. The summed E-state index contributed by atoms with van der Waals surface area (Å²) in [7, 11) is 0. The Balaban J connectivity index is 1.21. The number of thiazole rings is 1. The van der Waals surface area contributed by atoms with Crippen molar-refractivity contribution in [1.82, 2.24) is 14.8 Å². The molecule has 2 aromatic carbocycles. The predicted octanol–water partition coefficient (Wildman–Crippen LogP) is 4.17. The molecule has 4 rings (SSSR count). The molecule has 1 unspecified atom stereocenters. The summed E-state index contributed by atoms with van der Waals surface area (Å²) in [5.74, 6) is 1.70. The fourth-order valence-electron chi connectivity index (χ4n) is 4.10. The van der Waals surface area contributed by atoms with Crippen LogP contribution < -0.4 is 9.47 Å². The first-order valence-electron chi connectivity index (χ1n) is 11.4. The van der Waals surface area contributed by atoms with Crippen LogP contribution in [0.1, 0.15) is 24.8 Å². The number of unbranched alkanes of at least 4 members (excludes halogenated alkanes) is 1. The van der Waals surface area contributed by atoms with Crippen LogP contribution in [0.5, 0.6) is 11.5 Å². The van der Waals surface area contributed by atoms with Crippen LogP contribution >= 0.6 is 11.3 Å². The van der Waals surface area contributed by atoms with Gasteiger partial charge in [-0.1, -0.05) is 18.2 Å². The molecule has 7 heteroatoms. The summed E-state index contributed by atoms with van der Waals surface area (Å²) in [6.45, 7) is 9.38. The second-order valence-corrected chi connectivity index (χ2v) is 9.59. The standard InChI is InChI=1S/C25H33N3O3S/c1-19(29)25(31-22-10-11-24-23(18-22)26-20(2)32-24)28-15-13-27(14-16-28)12-6-7-17-30-21-8-4-3-5-9-21/h3-5,8-11,18-19,25,29H,6-7,12-17H2,1-2H3/t19-,25?/m1/s1. The van der Waals surface area contributed by atoms with Gasteiger partial charge in [-0.3, -0.25) is 4.90 Å². The molecule has 0 radical (unpaired) electrons. The molecule has 1 saturated heterocycles. The number of nitrogens with zero attached hydrogens (tertiary/aromatic N) is 3. The van der Waals surface area contributed by atoms with E-state index in [0.29, 0.717) is 0 Å². The molecular formula is C25H33N3O3S. The fraction of sp³-hybridized carbons (Fsp3) is 0.480. The Morgan fingerprint density at radius 2 is 1.81 bits per heavy atom. The van der Waals surface area contributed by atoms with Crippen LogP contribution in [0.3, 0.4) is 0 Å². The van der Waals surface area contributed by atoms with Gasteiger partial charge >= 0.3 is 0 Å². The number of aromatic nitrogens is 1. The second-order valence-electron chi connectivity index (χ2n) is 8.36. The van der Waals surface area contributed by atoms with Gasteiger partial charge in [-0.05, 0) is 57.5 Å². The van der Waals surface area contributed by atoms with E-state index in [-0.39, 0.29) is 6.23 Å². The molecule has 0 saturated carbocycles. The Kier molecular flexibility index (Phi) is 7.97. The van der Waals surface area contributed by atoms with Gasteiger partial charge in [-0.15, -0.1) is 11.3 Å². The maximum absolute atomic E-state index is 10.4. The third-order valence-electron chi connectivity index (χ3n) is 5.78. The zero-order chi connectivity index (χ0) is 22.3. The highest BCUT2D eigenvalue weighted by Gasteiger charge is 2.28. The molecule has 3 aromatic rings. The van der Waals surface area contributed by atoms with Crippen molar-refractivity contribution < 1.29 is 14.6 Å². The highest BCUT2D eigenvalue weighted by atomic mass is 32.1. The number of ether oxygens (including phenoxy) is 2. The van der Waals surface area contributed by atoms with Crippen LogP contribution in [0.15, 0.2) is 48.5 Å². The average molecular weight is 456 g/mol. The van der Waals surface area contributed by atoms with E-state index in [9.17, 15) is 5.11 Å². The van der Waals surface area contributed by atoms with Crippen molar-refractivity contribution in [3.8, 4) is 11.5 Å². The summed E-state index contributed by atoms with van der Waals surface area (Å²) >= 11 is 1.68. The first-order chi connectivity index (χ1) is 15.6. The lowest BCUT2D eigenvalue weighted by atomic mass is 10.2. The number of hydrogen-bond donors (Lipinski definition) is 1. The van der Waals surface area contributed by atoms with Gasteiger partial charge in [0.15, 0.2) is 6.23 Å². The minimum absolute atomic E-state index is 0.353. The lowest BCUT2D eigenvalue weighted by Gasteiger charge is -2.40. The summed E-state index contributed by atoms with van der Waals surface area (Å²) in [4.78, 5) is 9.29. The number of fused-ring (bicyclic) bond motifs is 1. The summed E-state index contributed by atoms with van der Waals surface area (Å²) in [6, 6.07) is 16.0. The normalized spacial score (nSPS) is 17.3. The predicted molar refractivity (Wildman–Crippen MR) is 130 cm³/mol. The molecule has 0 aliphatic carbocycles. The van der Waals surface area contributed by atoms with E-state index < -0.39 is 6.10 Å². The number of benzene rings is 2. The van der Waals surface area contributed by atoms with Crippen molar-refractivity contribution in [3.05, 3.63) is 53.5 Å². The molecule has 1 N–H and O–H groups in total. The van der Waals surface area contributed by atoms with Gasteiger partial charge in [0.1, 0.15) is 17.6 Å². The molecule has 2 heterocycles. The Morgan fingerprint density at radius 1 is 1.03 bits per heavy atom. The molecule has 6 nitrogen and oxygen atoms in total. The van der Waals surface area contributed by atoms with E-state index in [2.05, 4.69) is 14.8 Å². The topological polar surface area (TPSA) is 58.1 Å². The van der Waals surface area contributed by atoms with Crippen molar-refractivity contribution in [2.75, 3.05) is 39.3 Å². The number of hydrogen-bond acceptors (Lipinski definition) is 7. The summed E-state index contributed by atoms with van der Waals surface area (Å²) in [5, 5.41) is 11.4. The van der Waals surface area contributed by atoms with E-state index in [1.54, 1.807) is 18.3 Å². The van der Waals surface area contributed by atoms with Gasteiger partial charge in [-0.25, -0.2) is 4.98 Å². The lowest BCUT2D eigenvalue weighted by Crippen LogP contribution is -2.55. The lowest BCUT2D eigenvalue weighted by molar-refractivity contribution is -0.0745. The van der Waals surface area contributed by atoms with Gasteiger partial charge < -0.3 is 19.5 Å². The maximum atomic E-state index is 10.4. The first-order valence-corrected chi connectivity index (χ1v) is 12.3. The molecule has 0 bridgehead atoms. The molecule has 1 aromatic heterocycles. The monoisotopic (exact) mass is 455 g/mol. The molecular weight excluding hydrogens is 422 g/mol. The quantitative estimate of drug-likeness (QED) is 0.463. The van der Waals surface area contributed by atoms with Crippen LogP contribution in [0.25, 0.3) is 10.2 Å². The fourth-order valence-corrected chi connectivity index (χ4v) is 4.91. The minimum atomic E-state index is -0.579. The van der Waals surface area contributed by atoms with Crippen LogP contribution in [-0.4, -0.2) is 71.6 Å². The van der Waals surface area contributed by atoms with Crippen molar-refractivity contribution in [2.24, 2.45) is 0 Å². The van der Waals surface area contributed by atoms with Crippen LogP contribution in [0.2, 0.25) is 0 Å². The van der Waals surface area contributed by atoms with Crippen molar-refractivity contribution >= 4 is 21.6 Å². The minimum Gasteiger partial charge on any atom is -0.494 e. The van der Waals surface area contributed by atoms with Gasteiger partial charge in [-0.2, -0.15) is 0 Å². The smallest absolute Gasteiger partial charge is 0.178 e. The van der Waals surface area contributed by atoms with E-state index in [1.807, 2.05) is 55.5 Å². The highest BCUT2D eigenvalue weighted by molar-refractivity contribution is 7.18. The molecule has 0 amide bonds. The van der Waals surface area contributed by atoms with Crippen LogP contribution in [0, 0.1) is 6.92 Å². The Hall–Kier alpha value is -2.19. The zero-order valence-electron chi connectivity index (χ0n) is 18.9. The second kappa shape index (κ2) is 11.1. The number of aliphatic hydroxyl groups excluding tert-OH is 1. The number of piperazine rings is 1. The largest absolute Gasteiger partial charge is 0.494 e. The van der Waals surface area contributed by atoms with Gasteiger partial charge in [0.05, 0.1) is 21.8 Å². The van der Waals surface area contributed by atoms with Crippen LogP contribution in [-0.2, 0) is 0 Å². The SMILES string of the molecule is Cc1nc2cc(OC([C@@H](C)O)N3CCN(CCCCOc4ccccc4)CC3)ccc2s1. The maximum Gasteiger partial charge on any atom is 0.178 e. The summed E-state index contributed by atoms with van der Waals surface area (Å²) < 4.78 is 13.2. The molecule has 1 fully saturated rings. The molecule has 32 heavy (non-hydrogen) atoms. The van der Waals surface area contributed by atoms with Gasteiger partial charge in [0.2, 0.25) is 0 Å². The van der Waals surface area contributed by atoms with E-state index in [0.717, 1.165) is 78.9 Å². The molecule has 1 aliphatic heterocycles. The van der Waals surface area contributed by atoms with Crippen molar-refractivity contribution in [1.29, 1.82) is 0 Å². The molecule has 1 aliphatic rings. The van der Waals surface area contributed by atoms with Crippen molar-refractivity contribution in [2.45, 2.75) is 39.0 Å². The Morgan fingerprint density at radius 3 is 2.56 bits per heavy atom. The van der Waals surface area contributed by atoms with Gasteiger partial charge in [0.25, 0.3) is 0 Å². The van der Waals surface area contributed by atoms with Crippen molar-refractivity contribution in [3.63, 3.8) is 0 Å². The summed E-state index contributed by atoms with van der Waals surface area (Å²) in [6.07, 6.45) is 1.24. The number of rotatable bonds is 10. The number of para-hydroxylation sites is 1. The van der Waals surface area contributed by atoms with Crippen LogP contribution in [0.4, 0.5) is 0 Å². The summed E-state index contributed by atoms with van der Waals surface area (Å²) in [5.41, 5.74) is 0.954. The third-order valence-corrected chi connectivity index (χ3v) is 6.73. The van der Waals surface area contributed by atoms with E-state index in [1.165, 1.54) is 0 Å². The first kappa shape index (κ1) is 23.0. The third kappa shape index (κ3) is 6.19. The van der Waals surface area contributed by atoms with E-state index in [4.69, 9.17) is 9.47 Å². The molecule has 0 spiro atoms. The Labute approximate surface area is 194 Å². The molecule has 172 valence electrons. The zero-order valence-corrected chi connectivity index (χ0v) is 19.8. The Bertz CT molecular complexity index is 971. The molecule has 2 atom stereocenters.